The topological polar surface area (TPSA) is 16.8 Å². The van der Waals surface area contributed by atoms with Crippen LogP contribution in [0.15, 0.2) is 12.4 Å². The second-order valence-corrected chi connectivity index (χ2v) is 2.32. The van der Waals surface area contributed by atoms with Gasteiger partial charge in [-0.3, -0.25) is 0 Å². The lowest BCUT2D eigenvalue weighted by molar-refractivity contribution is -0.672. The van der Waals surface area contributed by atoms with Gasteiger partial charge >= 0.3 is 0 Å². The van der Waals surface area contributed by atoms with Gasteiger partial charge in [-0.15, -0.1) is 0 Å². The molecule has 0 fully saturated rings. The van der Waals surface area contributed by atoms with E-state index in [1.165, 1.54) is 0 Å². The van der Waals surface area contributed by atoms with Crippen molar-refractivity contribution in [3.8, 4) is 0 Å². The number of rotatable bonds is 0. The van der Waals surface area contributed by atoms with Crippen molar-refractivity contribution in [3.05, 3.63) is 23.8 Å². The molecule has 9 heavy (non-hydrogen) atoms. The Morgan fingerprint density at radius 1 is 1.22 bits per heavy atom. The first-order valence-corrected chi connectivity index (χ1v) is 2.99. The smallest absolute Gasteiger partial charge is 0.189 e. The maximum absolute atomic E-state index is 4.21. The van der Waals surface area contributed by atoms with Gasteiger partial charge in [0.1, 0.15) is 18.4 Å². The summed E-state index contributed by atoms with van der Waals surface area (Å²) < 4.78 is 2.01. The minimum atomic E-state index is 1.07. The third-order valence-electron chi connectivity index (χ3n) is 1.13. The van der Waals surface area contributed by atoms with Gasteiger partial charge in [-0.2, -0.15) is 0 Å². The Kier molecular flexibility index (Phi) is 1.47. The van der Waals surface area contributed by atoms with E-state index < -0.39 is 0 Å². The molecule has 0 saturated heterocycles. The molecule has 0 bridgehead atoms. The van der Waals surface area contributed by atoms with E-state index >= 15 is 0 Å². The van der Waals surface area contributed by atoms with Crippen LogP contribution in [0.1, 0.15) is 11.4 Å². The normalized spacial score (nSPS) is 9.67. The van der Waals surface area contributed by atoms with E-state index in [4.69, 9.17) is 0 Å². The molecular weight excluding hydrogens is 112 g/mol. The highest BCUT2D eigenvalue weighted by Gasteiger charge is 1.95. The van der Waals surface area contributed by atoms with E-state index in [9.17, 15) is 0 Å². The van der Waals surface area contributed by atoms with Crippen molar-refractivity contribution < 1.29 is 4.57 Å². The van der Waals surface area contributed by atoms with Crippen LogP contribution < -0.4 is 4.57 Å². The van der Waals surface area contributed by atoms with Crippen molar-refractivity contribution in [1.29, 1.82) is 0 Å². The number of hydrogen-bond acceptors (Lipinski definition) is 1. The summed E-state index contributed by atoms with van der Waals surface area (Å²) in [6.07, 6.45) is 3.99. The van der Waals surface area contributed by atoms with Gasteiger partial charge in [-0.1, -0.05) is 0 Å². The van der Waals surface area contributed by atoms with E-state index in [1.54, 1.807) is 0 Å². The quantitative estimate of drug-likeness (QED) is 0.460. The Hall–Kier alpha value is -0.920. The Balaban J connectivity index is 3.17. The molecule has 0 aliphatic heterocycles. The van der Waals surface area contributed by atoms with E-state index in [2.05, 4.69) is 4.98 Å². The Labute approximate surface area is 55.2 Å². The summed E-state index contributed by atoms with van der Waals surface area (Å²) in [5, 5.41) is 0. The molecule has 0 aromatic carbocycles. The molecular formula is C7H11N2+. The fourth-order valence-corrected chi connectivity index (χ4v) is 0.963. The summed E-state index contributed by atoms with van der Waals surface area (Å²) in [5.74, 6) is 0. The van der Waals surface area contributed by atoms with Crippen molar-refractivity contribution in [2.24, 2.45) is 7.05 Å². The molecule has 2 heteroatoms. The molecule has 1 rings (SSSR count). The molecule has 2 nitrogen and oxygen atoms in total. The van der Waals surface area contributed by atoms with Crippen LogP contribution in [0, 0.1) is 13.8 Å². The second kappa shape index (κ2) is 2.13. The summed E-state index contributed by atoms with van der Waals surface area (Å²) in [6.45, 7) is 3.99. The molecule has 0 N–H and O–H groups in total. The fraction of sp³-hybridized carbons (Fsp3) is 0.429. The second-order valence-electron chi connectivity index (χ2n) is 2.32. The summed E-state index contributed by atoms with van der Waals surface area (Å²) in [6, 6.07) is 0. The lowest BCUT2D eigenvalue weighted by atomic mass is 10.4. The lowest BCUT2D eigenvalue weighted by Gasteiger charge is -1.90. The Bertz CT molecular complexity index is 168. The molecule has 0 aliphatic carbocycles. The predicted molar refractivity (Wildman–Crippen MR) is 34.9 cm³/mol. The number of nitrogens with zero attached hydrogens (tertiary/aromatic N) is 2. The molecule has 0 saturated carbocycles. The van der Waals surface area contributed by atoms with Gasteiger partial charge in [-0.25, -0.2) is 9.55 Å². The van der Waals surface area contributed by atoms with Gasteiger partial charge in [0.2, 0.25) is 0 Å². The third kappa shape index (κ3) is 1.49. The Morgan fingerprint density at radius 2 is 1.67 bits per heavy atom. The molecule has 1 aromatic rings. The zero-order chi connectivity index (χ0) is 6.85. The highest BCUT2D eigenvalue weighted by Crippen LogP contribution is 1.87. The summed E-state index contributed by atoms with van der Waals surface area (Å²) in [4.78, 5) is 4.21. The first-order chi connectivity index (χ1) is 4.18. The van der Waals surface area contributed by atoms with Gasteiger partial charge < -0.3 is 0 Å². The highest BCUT2D eigenvalue weighted by atomic mass is 14.9. The van der Waals surface area contributed by atoms with E-state index in [0.29, 0.717) is 0 Å². The number of aryl methyl sites for hydroxylation is 3. The summed E-state index contributed by atoms with van der Waals surface area (Å²) in [5.41, 5.74) is 2.13. The molecule has 1 heterocycles. The first-order valence-electron chi connectivity index (χ1n) is 2.99. The van der Waals surface area contributed by atoms with Crippen LogP contribution in [-0.2, 0) is 7.05 Å². The van der Waals surface area contributed by atoms with Gasteiger partial charge in [0.15, 0.2) is 12.4 Å². The molecule has 0 amide bonds. The van der Waals surface area contributed by atoms with Crippen LogP contribution in [0.25, 0.3) is 0 Å². The van der Waals surface area contributed by atoms with Gasteiger partial charge in [0, 0.05) is 0 Å². The molecule has 0 atom stereocenters. The highest BCUT2D eigenvalue weighted by molar-refractivity contribution is 4.93. The van der Waals surface area contributed by atoms with Crippen molar-refractivity contribution in [2.45, 2.75) is 13.8 Å². The van der Waals surface area contributed by atoms with Gasteiger partial charge in [0.05, 0.1) is 0 Å². The molecule has 0 spiro atoms. The Morgan fingerprint density at radius 3 is 2.00 bits per heavy atom. The van der Waals surface area contributed by atoms with Crippen LogP contribution in [-0.4, -0.2) is 4.98 Å². The van der Waals surface area contributed by atoms with Gasteiger partial charge in [0.25, 0.3) is 0 Å². The average Bonchev–Trinajstić information content (AvgIpc) is 1.59. The van der Waals surface area contributed by atoms with Crippen LogP contribution in [0.3, 0.4) is 0 Å². The van der Waals surface area contributed by atoms with Crippen LogP contribution in [0.4, 0.5) is 0 Å². The molecule has 1 aromatic heterocycles. The van der Waals surface area contributed by atoms with E-state index in [-0.39, 0.29) is 0 Å². The van der Waals surface area contributed by atoms with Crippen molar-refractivity contribution >= 4 is 0 Å². The number of aromatic nitrogens is 2. The zero-order valence-electron chi connectivity index (χ0n) is 6.05. The van der Waals surface area contributed by atoms with Crippen LogP contribution in [0.2, 0.25) is 0 Å². The first kappa shape index (κ1) is 6.20. The minimum Gasteiger partial charge on any atom is -0.246 e. The summed E-state index contributed by atoms with van der Waals surface area (Å²) in [7, 11) is 2.00. The fourth-order valence-electron chi connectivity index (χ4n) is 0.963. The lowest BCUT2D eigenvalue weighted by Crippen LogP contribution is -2.28. The zero-order valence-corrected chi connectivity index (χ0v) is 6.05. The largest absolute Gasteiger partial charge is 0.246 e. The monoisotopic (exact) mass is 123 g/mol. The molecule has 48 valence electrons. The SMILES string of the molecule is Cc1c[n+](C)cc(C)n1. The third-order valence-corrected chi connectivity index (χ3v) is 1.13. The maximum Gasteiger partial charge on any atom is 0.189 e. The predicted octanol–water partition coefficient (Wildman–Crippen LogP) is 0.523. The van der Waals surface area contributed by atoms with Crippen LogP contribution in [0.5, 0.6) is 0 Å². The molecule has 0 unspecified atom stereocenters. The maximum atomic E-state index is 4.21. The van der Waals surface area contributed by atoms with Crippen molar-refractivity contribution in [1.82, 2.24) is 4.98 Å². The van der Waals surface area contributed by atoms with Gasteiger partial charge in [-0.05, 0) is 13.8 Å². The van der Waals surface area contributed by atoms with Crippen LogP contribution >= 0.6 is 0 Å². The van der Waals surface area contributed by atoms with E-state index in [1.807, 2.05) is 37.9 Å². The van der Waals surface area contributed by atoms with Crippen molar-refractivity contribution in [2.75, 3.05) is 0 Å². The summed E-state index contributed by atoms with van der Waals surface area (Å²) >= 11 is 0. The molecule has 0 radical (unpaired) electrons. The van der Waals surface area contributed by atoms with E-state index in [0.717, 1.165) is 11.4 Å². The number of hydrogen-bond donors (Lipinski definition) is 0. The minimum absolute atomic E-state index is 1.07. The molecule has 0 aliphatic rings. The standard InChI is InChI=1S/C7H11N2/c1-6-4-9(3)5-7(2)8-6/h4-5H,1-3H3/q+1. The van der Waals surface area contributed by atoms with Crippen molar-refractivity contribution in [3.63, 3.8) is 0 Å². The average molecular weight is 123 g/mol.